The van der Waals surface area contributed by atoms with Gasteiger partial charge in [-0.2, -0.15) is 9.97 Å². The highest BCUT2D eigenvalue weighted by atomic mass is 16.5. The van der Waals surface area contributed by atoms with Gasteiger partial charge in [0.25, 0.3) is 5.91 Å². The van der Waals surface area contributed by atoms with E-state index in [1.807, 2.05) is 29.2 Å². The summed E-state index contributed by atoms with van der Waals surface area (Å²) in [6, 6.07) is 15.9. The molecule has 4 rings (SSSR count). The Morgan fingerprint density at radius 2 is 1.73 bits per heavy atom. The number of anilines is 1. The van der Waals surface area contributed by atoms with E-state index in [1.54, 1.807) is 20.3 Å². The Hall–Kier alpha value is -3.61. The van der Waals surface area contributed by atoms with Crippen molar-refractivity contribution in [2.45, 2.75) is 32.7 Å². The Morgan fingerprint density at radius 1 is 1.00 bits per heavy atom. The van der Waals surface area contributed by atoms with Gasteiger partial charge in [-0.1, -0.05) is 36.4 Å². The number of aromatic nitrogens is 2. The van der Waals surface area contributed by atoms with Crippen molar-refractivity contribution < 1.29 is 14.3 Å². The second-order valence-corrected chi connectivity index (χ2v) is 8.36. The minimum atomic E-state index is 0.0355. The minimum absolute atomic E-state index is 0.0355. The molecule has 2 aromatic carbocycles. The maximum atomic E-state index is 13.6. The van der Waals surface area contributed by atoms with Crippen LogP contribution in [0.5, 0.6) is 11.8 Å². The van der Waals surface area contributed by atoms with Crippen LogP contribution in [0.25, 0.3) is 11.1 Å². The number of ether oxygens (including phenoxy) is 2. The van der Waals surface area contributed by atoms with Crippen LogP contribution in [0.3, 0.4) is 0 Å². The Labute approximate surface area is 194 Å². The molecule has 7 heteroatoms. The van der Waals surface area contributed by atoms with Gasteiger partial charge < -0.3 is 19.7 Å². The Morgan fingerprint density at radius 3 is 2.42 bits per heavy atom. The Balaban J connectivity index is 1.54. The van der Waals surface area contributed by atoms with Crippen molar-refractivity contribution in [3.05, 3.63) is 65.2 Å². The maximum absolute atomic E-state index is 13.6. The zero-order valence-electron chi connectivity index (χ0n) is 19.6. The summed E-state index contributed by atoms with van der Waals surface area (Å²) in [7, 11) is 3.11. The lowest BCUT2D eigenvalue weighted by atomic mass is 9.95. The summed E-state index contributed by atoms with van der Waals surface area (Å²) in [5, 5.41) is 3.35. The summed E-state index contributed by atoms with van der Waals surface area (Å²) in [6.45, 7) is 5.49. The molecule has 2 heterocycles. The third-order valence-electron chi connectivity index (χ3n) is 6.11. The summed E-state index contributed by atoms with van der Waals surface area (Å²) < 4.78 is 10.5. The first-order chi connectivity index (χ1) is 16.0. The number of nitrogens with zero attached hydrogens (tertiary/aromatic N) is 3. The molecule has 0 spiro atoms. The smallest absolute Gasteiger partial charge is 0.254 e. The highest BCUT2D eigenvalue weighted by molar-refractivity contribution is 6.01. The second-order valence-electron chi connectivity index (χ2n) is 8.36. The van der Waals surface area contributed by atoms with E-state index in [1.165, 1.54) is 11.1 Å². The molecular formula is C26H30N4O3. The van der Waals surface area contributed by atoms with Crippen LogP contribution in [-0.2, 0) is 0 Å². The van der Waals surface area contributed by atoms with Crippen LogP contribution in [-0.4, -0.2) is 54.1 Å². The summed E-state index contributed by atoms with van der Waals surface area (Å²) in [5.74, 6) is 1.33. The van der Waals surface area contributed by atoms with E-state index in [0.29, 0.717) is 24.3 Å². The van der Waals surface area contributed by atoms with Gasteiger partial charge in [0, 0.05) is 24.7 Å². The normalized spacial score (nSPS) is 15.8. The molecule has 33 heavy (non-hydrogen) atoms. The highest BCUT2D eigenvalue weighted by Gasteiger charge is 2.26. The lowest BCUT2D eigenvalue weighted by molar-refractivity contribution is 0.0715. The number of methoxy groups -OCH3 is 2. The summed E-state index contributed by atoms with van der Waals surface area (Å²) in [4.78, 5) is 24.2. The molecule has 1 fully saturated rings. The molecule has 1 aromatic heterocycles. The lowest BCUT2D eigenvalue weighted by Crippen LogP contribution is -2.45. The van der Waals surface area contributed by atoms with Crippen molar-refractivity contribution in [3.8, 4) is 22.9 Å². The molecule has 0 aliphatic carbocycles. The molecule has 1 N–H and O–H groups in total. The fourth-order valence-electron chi connectivity index (χ4n) is 4.14. The third kappa shape index (κ3) is 5.08. The highest BCUT2D eigenvalue weighted by Crippen LogP contribution is 2.28. The number of hydrogen-bond donors (Lipinski definition) is 1. The zero-order chi connectivity index (χ0) is 23.4. The number of carbonyl (C=O) groups is 1. The molecule has 1 aliphatic rings. The second kappa shape index (κ2) is 9.90. The van der Waals surface area contributed by atoms with Crippen molar-refractivity contribution in [2.75, 3.05) is 32.6 Å². The van der Waals surface area contributed by atoms with E-state index >= 15 is 0 Å². The van der Waals surface area contributed by atoms with Gasteiger partial charge in [-0.15, -0.1) is 0 Å². The van der Waals surface area contributed by atoms with E-state index < -0.39 is 0 Å². The number of benzene rings is 2. The van der Waals surface area contributed by atoms with Gasteiger partial charge in [0.05, 0.1) is 20.3 Å². The number of carbonyl (C=O) groups excluding carboxylic acids is 1. The first-order valence-corrected chi connectivity index (χ1v) is 11.2. The van der Waals surface area contributed by atoms with Crippen LogP contribution in [0.2, 0.25) is 0 Å². The number of hydrogen-bond acceptors (Lipinski definition) is 6. The van der Waals surface area contributed by atoms with Crippen LogP contribution in [0, 0.1) is 13.8 Å². The van der Waals surface area contributed by atoms with Crippen LogP contribution >= 0.6 is 0 Å². The topological polar surface area (TPSA) is 76.6 Å². The average molecular weight is 447 g/mol. The first-order valence-electron chi connectivity index (χ1n) is 11.2. The summed E-state index contributed by atoms with van der Waals surface area (Å²) in [6.07, 6.45) is 1.82. The molecule has 1 saturated heterocycles. The molecule has 1 aliphatic heterocycles. The molecule has 1 unspecified atom stereocenters. The molecule has 1 amide bonds. The Bertz CT molecular complexity index is 1130. The van der Waals surface area contributed by atoms with Crippen molar-refractivity contribution >= 4 is 11.9 Å². The van der Waals surface area contributed by atoms with Crippen LogP contribution in [0.1, 0.15) is 34.3 Å². The molecule has 172 valence electrons. The van der Waals surface area contributed by atoms with E-state index in [2.05, 4.69) is 47.3 Å². The molecule has 0 saturated carbocycles. The zero-order valence-corrected chi connectivity index (χ0v) is 19.6. The van der Waals surface area contributed by atoms with Gasteiger partial charge in [0.15, 0.2) is 0 Å². The van der Waals surface area contributed by atoms with Crippen LogP contribution in [0.15, 0.2) is 48.5 Å². The summed E-state index contributed by atoms with van der Waals surface area (Å²) in [5.41, 5.74) is 5.20. The number of rotatable bonds is 6. The van der Waals surface area contributed by atoms with Gasteiger partial charge in [0.2, 0.25) is 17.7 Å². The van der Waals surface area contributed by atoms with Crippen molar-refractivity contribution in [3.63, 3.8) is 0 Å². The fraction of sp³-hybridized carbons (Fsp3) is 0.346. The monoisotopic (exact) mass is 446 g/mol. The standard InChI is InChI=1S/C26H30N4O3/c1-17-11-12-19(14-18(17)2)21-9-5-6-10-22(21)25(31)30-13-7-8-20(16-30)27-26-28-23(32-3)15-24(29-26)33-4/h5-6,9-12,14-15,20H,7-8,13,16H2,1-4H3,(H,27,28,29). The van der Waals surface area contributed by atoms with Gasteiger partial charge >= 0.3 is 0 Å². The number of nitrogens with one attached hydrogen (secondary N) is 1. The largest absolute Gasteiger partial charge is 0.481 e. The van der Waals surface area contributed by atoms with Crippen LogP contribution in [0.4, 0.5) is 5.95 Å². The molecule has 7 nitrogen and oxygen atoms in total. The van der Waals surface area contributed by atoms with E-state index in [4.69, 9.17) is 9.47 Å². The predicted molar refractivity (Wildman–Crippen MR) is 129 cm³/mol. The van der Waals surface area contributed by atoms with Gasteiger partial charge in [-0.05, 0) is 55.0 Å². The number of aryl methyl sites for hydroxylation is 2. The number of likely N-dealkylation sites (tertiary alicyclic amines) is 1. The van der Waals surface area contributed by atoms with Gasteiger partial charge in [0.1, 0.15) is 0 Å². The van der Waals surface area contributed by atoms with E-state index in [-0.39, 0.29) is 11.9 Å². The third-order valence-corrected chi connectivity index (χ3v) is 6.11. The number of piperidine rings is 1. The van der Waals surface area contributed by atoms with Crippen molar-refractivity contribution in [1.29, 1.82) is 0 Å². The molecule has 0 radical (unpaired) electrons. The molecule has 0 bridgehead atoms. The molecular weight excluding hydrogens is 416 g/mol. The SMILES string of the molecule is COc1cc(OC)nc(NC2CCCN(C(=O)c3ccccc3-c3ccc(C)c(C)c3)C2)n1. The van der Waals surface area contributed by atoms with Crippen molar-refractivity contribution in [1.82, 2.24) is 14.9 Å². The van der Waals surface area contributed by atoms with E-state index in [9.17, 15) is 4.79 Å². The fourth-order valence-corrected chi connectivity index (χ4v) is 4.14. The van der Waals surface area contributed by atoms with Crippen molar-refractivity contribution in [2.24, 2.45) is 0 Å². The van der Waals surface area contributed by atoms with E-state index in [0.717, 1.165) is 36.1 Å². The summed E-state index contributed by atoms with van der Waals surface area (Å²) >= 11 is 0. The average Bonchev–Trinajstić information content (AvgIpc) is 2.85. The quantitative estimate of drug-likeness (QED) is 0.601. The lowest BCUT2D eigenvalue weighted by Gasteiger charge is -2.33. The Kier molecular flexibility index (Phi) is 6.77. The maximum Gasteiger partial charge on any atom is 0.254 e. The van der Waals surface area contributed by atoms with Gasteiger partial charge in [-0.3, -0.25) is 4.79 Å². The van der Waals surface area contributed by atoms with Gasteiger partial charge in [-0.25, -0.2) is 0 Å². The first kappa shape index (κ1) is 22.6. The number of amides is 1. The predicted octanol–water partition coefficient (Wildman–Crippen LogP) is 4.49. The molecule has 1 atom stereocenters. The minimum Gasteiger partial charge on any atom is -0.481 e. The van der Waals surface area contributed by atoms with Crippen LogP contribution < -0.4 is 14.8 Å². The molecule has 3 aromatic rings.